The number of anilines is 2. The average Bonchev–Trinajstić information content (AvgIpc) is 3.36. The van der Waals surface area contributed by atoms with Gasteiger partial charge in [-0.1, -0.05) is 89.8 Å². The van der Waals surface area contributed by atoms with Crippen LogP contribution >= 0.6 is 11.6 Å². The van der Waals surface area contributed by atoms with Crippen molar-refractivity contribution < 1.29 is 4.79 Å². The molecule has 40 heavy (non-hydrogen) atoms. The van der Waals surface area contributed by atoms with E-state index in [0.717, 1.165) is 52.7 Å². The number of aromatic nitrogens is 3. The summed E-state index contributed by atoms with van der Waals surface area (Å²) in [7, 11) is 0. The third kappa shape index (κ3) is 7.39. The van der Waals surface area contributed by atoms with Gasteiger partial charge in [-0.25, -0.2) is 9.97 Å². The third-order valence-corrected chi connectivity index (χ3v) is 8.82. The van der Waals surface area contributed by atoms with Gasteiger partial charge in [-0.2, -0.15) is 0 Å². The van der Waals surface area contributed by atoms with Crippen LogP contribution in [-0.4, -0.2) is 26.9 Å². The molecule has 3 heterocycles. The lowest BCUT2D eigenvalue weighted by molar-refractivity contribution is 0.0956. The Hall–Kier alpha value is -2.99. The summed E-state index contributed by atoms with van der Waals surface area (Å²) < 4.78 is 0. The van der Waals surface area contributed by atoms with Gasteiger partial charge in [0.25, 0.3) is 0 Å². The number of H-pyrrole nitrogens is 1. The number of carbonyl (C=O) groups is 1. The fourth-order valence-electron chi connectivity index (χ4n) is 6.04. The summed E-state index contributed by atoms with van der Waals surface area (Å²) in [6, 6.07) is 7.59. The Balaban J connectivity index is 1.21. The van der Waals surface area contributed by atoms with Crippen molar-refractivity contribution in [2.24, 2.45) is 28.7 Å². The van der Waals surface area contributed by atoms with Gasteiger partial charge in [0.15, 0.2) is 5.78 Å². The highest BCUT2D eigenvalue weighted by atomic mass is 35.5. The van der Waals surface area contributed by atoms with Crippen molar-refractivity contribution in [1.29, 1.82) is 0 Å². The number of aromatic amines is 1. The number of hydrogen-bond acceptors (Lipinski definition) is 5. The van der Waals surface area contributed by atoms with Crippen LogP contribution in [0, 0.1) is 23.7 Å². The first kappa shape index (κ1) is 28.5. The number of aliphatic imine (C=N–C) groups is 1. The van der Waals surface area contributed by atoms with Crippen LogP contribution in [0.5, 0.6) is 0 Å². The van der Waals surface area contributed by atoms with Gasteiger partial charge in [-0.3, -0.25) is 9.79 Å². The van der Waals surface area contributed by atoms with Gasteiger partial charge in [0.05, 0.1) is 27.6 Å². The fraction of sp³-hybridized carbons (Fsp3) is 0.515. The van der Waals surface area contributed by atoms with Gasteiger partial charge in [0, 0.05) is 29.9 Å². The number of allylic oxidation sites excluding steroid dienone is 1. The minimum absolute atomic E-state index is 0.146. The second kappa shape index (κ2) is 13.1. The summed E-state index contributed by atoms with van der Waals surface area (Å²) in [5, 5.41) is 4.71. The first-order valence-electron chi connectivity index (χ1n) is 15.0. The molecule has 0 amide bonds. The standard InChI is InChI=1S/C33H42ClN5O/c1-21-6-4-8-24(9-5-7-21)12-10-22(2)16-31(40)30-18-25-17-26(19-27(34)32(25)38-30)37-33-35-15-14-29(39-33)28-13-11-23(3)20-36-28/h13-15,17-24,38H,4-12,16H2,1-3H3,(H,35,37,39). The number of ketones is 1. The van der Waals surface area contributed by atoms with E-state index in [1.165, 1.54) is 44.9 Å². The lowest BCUT2D eigenvalue weighted by Gasteiger charge is -2.23. The Morgan fingerprint density at radius 3 is 2.70 bits per heavy atom. The van der Waals surface area contributed by atoms with Crippen LogP contribution in [0.15, 0.2) is 41.5 Å². The first-order chi connectivity index (χ1) is 19.3. The average molecular weight is 560 g/mol. The van der Waals surface area contributed by atoms with Crippen molar-refractivity contribution in [3.8, 4) is 0 Å². The predicted molar refractivity (Wildman–Crippen MR) is 167 cm³/mol. The van der Waals surface area contributed by atoms with E-state index in [1.807, 2.05) is 30.5 Å². The van der Waals surface area contributed by atoms with Crippen molar-refractivity contribution in [3.05, 3.63) is 52.9 Å². The summed E-state index contributed by atoms with van der Waals surface area (Å²) >= 11 is 6.64. The molecule has 1 saturated carbocycles. The number of fused-ring (bicyclic) bond motifs is 1. The summed E-state index contributed by atoms with van der Waals surface area (Å²) in [5.74, 6) is 3.14. The number of benzene rings is 1. The van der Waals surface area contributed by atoms with Crippen LogP contribution in [0.3, 0.4) is 0 Å². The molecule has 0 saturated heterocycles. The highest BCUT2D eigenvalue weighted by Gasteiger charge is 2.19. The highest BCUT2D eigenvalue weighted by molar-refractivity contribution is 6.35. The van der Waals surface area contributed by atoms with Crippen LogP contribution in [0.2, 0.25) is 5.02 Å². The number of carbonyl (C=O) groups excluding carboxylic acids is 1. The topological polar surface area (TPSA) is 83.0 Å². The zero-order valence-electron chi connectivity index (χ0n) is 24.0. The lowest BCUT2D eigenvalue weighted by atomic mass is 9.83. The Bertz CT molecular complexity index is 1380. The smallest absolute Gasteiger partial charge is 0.227 e. The number of halogens is 1. The van der Waals surface area contributed by atoms with Crippen LogP contribution in [0.25, 0.3) is 16.6 Å². The van der Waals surface area contributed by atoms with Gasteiger partial charge < -0.3 is 10.3 Å². The molecule has 0 radical (unpaired) electrons. The molecule has 7 heteroatoms. The second-order valence-corrected chi connectivity index (χ2v) is 12.6. The SMILES string of the molecule is CC1C=NC(c2ccnc(Nc3cc(Cl)c4[nH]c(C(=O)CC(C)CCC5CCCC(C)CCC5)cc4c3)n2)=CC1. The van der Waals surface area contributed by atoms with Gasteiger partial charge in [-0.15, -0.1) is 0 Å². The maximum Gasteiger partial charge on any atom is 0.227 e. The van der Waals surface area contributed by atoms with E-state index in [-0.39, 0.29) is 5.78 Å². The Kier molecular flexibility index (Phi) is 9.36. The Morgan fingerprint density at radius 1 is 1.15 bits per heavy atom. The second-order valence-electron chi connectivity index (χ2n) is 12.2. The quantitative estimate of drug-likeness (QED) is 0.256. The van der Waals surface area contributed by atoms with E-state index < -0.39 is 0 Å². The maximum atomic E-state index is 13.2. The molecule has 3 aromatic rings. The van der Waals surface area contributed by atoms with Gasteiger partial charge in [0.1, 0.15) is 0 Å². The Morgan fingerprint density at radius 2 is 1.95 bits per heavy atom. The van der Waals surface area contributed by atoms with Crippen LogP contribution in [0.1, 0.15) is 101 Å². The minimum Gasteiger partial charge on any atom is -0.351 e. The zero-order chi connectivity index (χ0) is 28.1. The summed E-state index contributed by atoms with van der Waals surface area (Å²) in [6.07, 6.45) is 17.8. The van der Waals surface area contributed by atoms with Gasteiger partial charge in [0.2, 0.25) is 5.95 Å². The molecule has 0 bridgehead atoms. The molecule has 6 nitrogen and oxygen atoms in total. The van der Waals surface area contributed by atoms with E-state index in [4.69, 9.17) is 11.6 Å². The first-order valence-corrected chi connectivity index (χ1v) is 15.4. The molecule has 5 rings (SSSR count). The van der Waals surface area contributed by atoms with Crippen molar-refractivity contribution >= 4 is 51.8 Å². The molecule has 2 N–H and O–H groups in total. The zero-order valence-corrected chi connectivity index (χ0v) is 24.8. The molecule has 2 aliphatic rings. The normalized spacial score (nSPS) is 22.4. The number of nitrogens with one attached hydrogen (secondary N) is 2. The molecule has 2 atom stereocenters. The molecule has 212 valence electrons. The van der Waals surface area contributed by atoms with E-state index in [2.05, 4.69) is 52.1 Å². The molecule has 1 fully saturated rings. The molecular formula is C33H42ClN5O. The fourth-order valence-corrected chi connectivity index (χ4v) is 6.31. The largest absolute Gasteiger partial charge is 0.351 e. The molecule has 2 aromatic heterocycles. The van der Waals surface area contributed by atoms with E-state index in [9.17, 15) is 4.79 Å². The lowest BCUT2D eigenvalue weighted by Crippen LogP contribution is -2.11. The number of Topliss-reactive ketones (excluding diaryl/α,β-unsaturated/α-hetero) is 1. The van der Waals surface area contributed by atoms with Crippen molar-refractivity contribution in [1.82, 2.24) is 15.0 Å². The monoisotopic (exact) mass is 559 g/mol. The molecule has 1 aromatic carbocycles. The third-order valence-electron chi connectivity index (χ3n) is 8.53. The van der Waals surface area contributed by atoms with E-state index in [0.29, 0.717) is 34.9 Å². The van der Waals surface area contributed by atoms with Gasteiger partial charge in [-0.05, 0) is 54.4 Å². The number of rotatable bonds is 9. The maximum absolute atomic E-state index is 13.2. The van der Waals surface area contributed by atoms with Crippen LogP contribution < -0.4 is 5.32 Å². The van der Waals surface area contributed by atoms with Crippen LogP contribution in [0.4, 0.5) is 11.6 Å². The number of hydrogen-bond donors (Lipinski definition) is 2. The summed E-state index contributed by atoms with van der Waals surface area (Å²) in [5.41, 5.74) is 3.80. The molecule has 0 spiro atoms. The van der Waals surface area contributed by atoms with Crippen molar-refractivity contribution in [3.63, 3.8) is 0 Å². The molecular weight excluding hydrogens is 518 g/mol. The molecule has 1 aliphatic carbocycles. The summed E-state index contributed by atoms with van der Waals surface area (Å²) in [4.78, 5) is 30.0. The Labute approximate surface area is 243 Å². The van der Waals surface area contributed by atoms with E-state index in [1.54, 1.807) is 6.20 Å². The molecule has 1 aliphatic heterocycles. The van der Waals surface area contributed by atoms with E-state index >= 15 is 0 Å². The van der Waals surface area contributed by atoms with Gasteiger partial charge >= 0.3 is 0 Å². The number of nitrogens with zero attached hydrogens (tertiary/aromatic N) is 3. The predicted octanol–water partition coefficient (Wildman–Crippen LogP) is 9.40. The highest BCUT2D eigenvalue weighted by Crippen LogP contribution is 2.32. The van der Waals surface area contributed by atoms with Crippen LogP contribution in [-0.2, 0) is 0 Å². The minimum atomic E-state index is 0.146. The van der Waals surface area contributed by atoms with Crippen molar-refractivity contribution in [2.45, 2.75) is 85.0 Å². The summed E-state index contributed by atoms with van der Waals surface area (Å²) in [6.45, 7) is 6.75. The molecule has 2 unspecified atom stereocenters. The van der Waals surface area contributed by atoms with Crippen molar-refractivity contribution in [2.75, 3.05) is 5.32 Å².